The summed E-state index contributed by atoms with van der Waals surface area (Å²) in [7, 11) is 1.82. The van der Waals surface area contributed by atoms with Gasteiger partial charge < -0.3 is 20.7 Å². The van der Waals surface area contributed by atoms with Crippen LogP contribution in [0.4, 0.5) is 4.79 Å². The zero-order valence-corrected chi connectivity index (χ0v) is 11.1. The van der Waals surface area contributed by atoms with Crippen LogP contribution in [0.2, 0.25) is 0 Å². The first-order chi connectivity index (χ1) is 7.85. The third-order valence-electron chi connectivity index (χ3n) is 1.72. The van der Waals surface area contributed by atoms with Crippen molar-refractivity contribution in [3.63, 3.8) is 0 Å². The molecule has 0 aliphatic rings. The number of nitrogens with one attached hydrogen (secondary N) is 3. The Labute approximate surface area is 102 Å². The fourth-order valence-corrected chi connectivity index (χ4v) is 1.01. The predicted octanol–water partition coefficient (Wildman–Crippen LogP) is 0.237. The Morgan fingerprint density at radius 1 is 1.06 bits per heavy atom. The molecular weight excluding hydrogens is 222 g/mol. The smallest absolute Gasteiger partial charge is 0.407 e. The van der Waals surface area contributed by atoms with E-state index in [0.717, 1.165) is 6.54 Å². The van der Waals surface area contributed by atoms with E-state index in [1.165, 1.54) is 0 Å². The molecule has 6 heteroatoms. The van der Waals surface area contributed by atoms with Gasteiger partial charge in [0.1, 0.15) is 5.60 Å². The lowest BCUT2D eigenvalue weighted by Crippen LogP contribution is -2.36. The van der Waals surface area contributed by atoms with E-state index in [-0.39, 0.29) is 18.9 Å². The largest absolute Gasteiger partial charge is 0.444 e. The van der Waals surface area contributed by atoms with E-state index in [0.29, 0.717) is 6.54 Å². The van der Waals surface area contributed by atoms with Crippen molar-refractivity contribution < 1.29 is 14.3 Å². The van der Waals surface area contributed by atoms with Gasteiger partial charge in [0.15, 0.2) is 0 Å². The molecule has 0 aliphatic carbocycles. The molecule has 0 heterocycles. The van der Waals surface area contributed by atoms with Crippen LogP contribution in [0.3, 0.4) is 0 Å². The Hall–Kier alpha value is -1.30. The van der Waals surface area contributed by atoms with Crippen LogP contribution >= 0.6 is 0 Å². The highest BCUT2D eigenvalue weighted by atomic mass is 16.6. The van der Waals surface area contributed by atoms with Gasteiger partial charge in [-0.15, -0.1) is 0 Å². The van der Waals surface area contributed by atoms with Crippen LogP contribution in [0.25, 0.3) is 0 Å². The minimum atomic E-state index is -0.515. The number of alkyl carbamates (subject to hydrolysis) is 1. The van der Waals surface area contributed by atoms with Crippen molar-refractivity contribution in [2.24, 2.45) is 0 Å². The van der Waals surface area contributed by atoms with E-state index < -0.39 is 11.7 Å². The van der Waals surface area contributed by atoms with Crippen LogP contribution in [0, 0.1) is 0 Å². The third kappa shape index (κ3) is 11.0. The average molecular weight is 245 g/mol. The summed E-state index contributed by atoms with van der Waals surface area (Å²) >= 11 is 0. The van der Waals surface area contributed by atoms with Crippen molar-refractivity contribution in [1.82, 2.24) is 16.0 Å². The van der Waals surface area contributed by atoms with Crippen molar-refractivity contribution in [3.05, 3.63) is 0 Å². The van der Waals surface area contributed by atoms with E-state index in [2.05, 4.69) is 16.0 Å². The number of rotatable bonds is 6. The fraction of sp³-hybridized carbons (Fsp3) is 0.818. The number of carbonyl (C=O) groups excluding carboxylic acids is 2. The molecule has 6 nitrogen and oxygen atoms in total. The highest BCUT2D eigenvalue weighted by molar-refractivity contribution is 5.77. The van der Waals surface area contributed by atoms with E-state index in [1.807, 2.05) is 7.05 Å². The highest BCUT2D eigenvalue weighted by Crippen LogP contribution is 2.06. The summed E-state index contributed by atoms with van der Waals surface area (Å²) in [6.45, 7) is 6.96. The Morgan fingerprint density at radius 2 is 1.71 bits per heavy atom. The third-order valence-corrected chi connectivity index (χ3v) is 1.72. The molecule has 17 heavy (non-hydrogen) atoms. The lowest BCUT2D eigenvalue weighted by molar-refractivity contribution is -0.120. The zero-order valence-electron chi connectivity index (χ0n) is 11.1. The summed E-state index contributed by atoms with van der Waals surface area (Å²) in [4.78, 5) is 22.5. The number of amides is 2. The quantitative estimate of drug-likeness (QED) is 0.586. The van der Waals surface area contributed by atoms with E-state index >= 15 is 0 Å². The van der Waals surface area contributed by atoms with Crippen LogP contribution in [-0.2, 0) is 9.53 Å². The summed E-state index contributed by atoms with van der Waals surface area (Å²) in [5, 5.41) is 8.15. The SMILES string of the molecule is CNCCNC(=O)CCNC(=O)OC(C)(C)C. The molecule has 0 fully saturated rings. The Bertz CT molecular complexity index is 249. The highest BCUT2D eigenvalue weighted by Gasteiger charge is 2.15. The topological polar surface area (TPSA) is 79.5 Å². The van der Waals surface area contributed by atoms with Gasteiger partial charge in [0.2, 0.25) is 5.91 Å². The summed E-state index contributed by atoms with van der Waals surface area (Å²) in [5.74, 6) is -0.0868. The molecule has 2 amide bonds. The maximum Gasteiger partial charge on any atom is 0.407 e. The van der Waals surface area contributed by atoms with Crippen LogP contribution < -0.4 is 16.0 Å². The molecule has 0 saturated heterocycles. The molecule has 100 valence electrons. The molecule has 0 aromatic carbocycles. The molecule has 0 spiro atoms. The number of carbonyl (C=O) groups is 2. The second kappa shape index (κ2) is 7.89. The van der Waals surface area contributed by atoms with Gasteiger partial charge >= 0.3 is 6.09 Å². The Morgan fingerprint density at radius 3 is 2.24 bits per heavy atom. The van der Waals surface area contributed by atoms with Gasteiger partial charge in [0, 0.05) is 26.1 Å². The standard InChI is InChI=1S/C11H23N3O3/c1-11(2,3)17-10(16)14-6-5-9(15)13-8-7-12-4/h12H,5-8H2,1-4H3,(H,13,15)(H,14,16). The molecule has 0 aromatic heterocycles. The Balaban J connectivity index is 3.56. The van der Waals surface area contributed by atoms with Crippen molar-refractivity contribution in [2.75, 3.05) is 26.7 Å². The summed E-state index contributed by atoms with van der Waals surface area (Å²) in [6, 6.07) is 0. The molecule has 0 aromatic rings. The van der Waals surface area contributed by atoms with Crippen LogP contribution in [0.15, 0.2) is 0 Å². The summed E-state index contributed by atoms with van der Waals surface area (Å²) < 4.78 is 5.03. The molecule has 0 atom stereocenters. The van der Waals surface area contributed by atoms with Crippen LogP contribution in [-0.4, -0.2) is 44.3 Å². The zero-order chi connectivity index (χ0) is 13.3. The molecule has 0 unspecified atom stereocenters. The van der Waals surface area contributed by atoms with E-state index in [1.54, 1.807) is 20.8 Å². The maximum atomic E-state index is 11.3. The molecule has 0 rings (SSSR count). The molecule has 0 saturated carbocycles. The first-order valence-corrected chi connectivity index (χ1v) is 5.73. The van der Waals surface area contributed by atoms with Gasteiger partial charge in [-0.05, 0) is 27.8 Å². The van der Waals surface area contributed by atoms with Gasteiger partial charge in [0.25, 0.3) is 0 Å². The first kappa shape index (κ1) is 15.7. The van der Waals surface area contributed by atoms with Crippen molar-refractivity contribution >= 4 is 12.0 Å². The molecule has 0 radical (unpaired) electrons. The first-order valence-electron chi connectivity index (χ1n) is 5.73. The van der Waals surface area contributed by atoms with Gasteiger partial charge in [-0.1, -0.05) is 0 Å². The van der Waals surface area contributed by atoms with Crippen LogP contribution in [0.1, 0.15) is 27.2 Å². The van der Waals surface area contributed by atoms with Gasteiger partial charge in [-0.3, -0.25) is 4.79 Å². The number of hydrogen-bond donors (Lipinski definition) is 3. The minimum Gasteiger partial charge on any atom is -0.444 e. The molecular formula is C11H23N3O3. The molecule has 0 aliphatic heterocycles. The van der Waals surface area contributed by atoms with E-state index in [4.69, 9.17) is 4.74 Å². The second-order valence-corrected chi connectivity index (χ2v) is 4.63. The van der Waals surface area contributed by atoms with E-state index in [9.17, 15) is 9.59 Å². The minimum absolute atomic E-state index is 0.0868. The summed E-state index contributed by atoms with van der Waals surface area (Å²) in [6.07, 6.45) is -0.247. The average Bonchev–Trinajstić information content (AvgIpc) is 2.15. The van der Waals surface area contributed by atoms with Gasteiger partial charge in [0.05, 0.1) is 0 Å². The number of likely N-dealkylation sites (N-methyl/N-ethyl adjacent to an activating group) is 1. The van der Waals surface area contributed by atoms with Gasteiger partial charge in [-0.25, -0.2) is 4.79 Å². The molecule has 3 N–H and O–H groups in total. The van der Waals surface area contributed by atoms with Gasteiger partial charge in [-0.2, -0.15) is 0 Å². The second-order valence-electron chi connectivity index (χ2n) is 4.63. The van der Waals surface area contributed by atoms with Crippen molar-refractivity contribution in [3.8, 4) is 0 Å². The lowest BCUT2D eigenvalue weighted by atomic mass is 10.2. The monoisotopic (exact) mass is 245 g/mol. The number of hydrogen-bond acceptors (Lipinski definition) is 4. The maximum absolute atomic E-state index is 11.3. The predicted molar refractivity (Wildman–Crippen MR) is 65.8 cm³/mol. The van der Waals surface area contributed by atoms with Crippen molar-refractivity contribution in [1.29, 1.82) is 0 Å². The molecule has 0 bridgehead atoms. The summed E-state index contributed by atoms with van der Waals surface area (Å²) in [5.41, 5.74) is -0.515. The fourth-order valence-electron chi connectivity index (χ4n) is 1.01. The lowest BCUT2D eigenvalue weighted by Gasteiger charge is -2.19. The van der Waals surface area contributed by atoms with Crippen LogP contribution in [0.5, 0.6) is 0 Å². The van der Waals surface area contributed by atoms with Crippen molar-refractivity contribution in [2.45, 2.75) is 32.8 Å². The number of ether oxygens (including phenoxy) is 1. The Kier molecular flexibility index (Phi) is 7.29. The normalized spacial score (nSPS) is 10.8.